The predicted molar refractivity (Wildman–Crippen MR) is 85.0 cm³/mol. The van der Waals surface area contributed by atoms with E-state index in [4.69, 9.17) is 0 Å². The topological polar surface area (TPSA) is 20.2 Å². The molecule has 0 aromatic heterocycles. The molecular weight excluding hydrogens is 244 g/mol. The molecule has 106 valence electrons. The Morgan fingerprint density at radius 1 is 0.900 bits per heavy atom. The van der Waals surface area contributed by atoms with E-state index in [-0.39, 0.29) is 6.10 Å². The number of hydrogen-bond acceptors (Lipinski definition) is 1. The molecule has 0 fully saturated rings. The average molecular weight is 268 g/mol. The van der Waals surface area contributed by atoms with Gasteiger partial charge in [-0.05, 0) is 50.7 Å². The van der Waals surface area contributed by atoms with Gasteiger partial charge in [0.05, 0.1) is 6.10 Å². The maximum Gasteiger partial charge on any atom is 0.0580 e. The largest absolute Gasteiger partial charge is 0.393 e. The molecule has 2 aromatic carbocycles. The van der Waals surface area contributed by atoms with Crippen molar-refractivity contribution in [2.24, 2.45) is 0 Å². The first-order valence-corrected chi connectivity index (χ1v) is 7.42. The van der Waals surface area contributed by atoms with Gasteiger partial charge in [-0.1, -0.05) is 59.7 Å². The van der Waals surface area contributed by atoms with E-state index in [1.807, 2.05) is 6.07 Å². The second kappa shape index (κ2) is 7.25. The van der Waals surface area contributed by atoms with Gasteiger partial charge in [0, 0.05) is 0 Å². The van der Waals surface area contributed by atoms with Gasteiger partial charge in [-0.3, -0.25) is 0 Å². The van der Waals surface area contributed by atoms with Crippen LogP contribution in [0.1, 0.15) is 35.1 Å². The van der Waals surface area contributed by atoms with Gasteiger partial charge in [0.15, 0.2) is 0 Å². The van der Waals surface area contributed by atoms with Crippen molar-refractivity contribution >= 4 is 0 Å². The van der Waals surface area contributed by atoms with Gasteiger partial charge in [0.25, 0.3) is 0 Å². The number of hydrogen-bond donors (Lipinski definition) is 1. The molecular formula is C19H24O. The average Bonchev–Trinajstić information content (AvgIpc) is 2.38. The van der Waals surface area contributed by atoms with E-state index in [0.717, 1.165) is 25.7 Å². The standard InChI is InChI=1S/C19H24O/c1-15-11-16(2)13-18(12-15)14-19(20)10-6-9-17-7-4-3-5-8-17/h3-5,7-8,11-13,19-20H,6,9-10,14H2,1-2H3. The van der Waals surface area contributed by atoms with Crippen LogP contribution in [0.15, 0.2) is 48.5 Å². The molecule has 1 unspecified atom stereocenters. The molecule has 0 saturated carbocycles. The molecule has 0 bridgehead atoms. The molecule has 1 N–H and O–H groups in total. The number of aliphatic hydroxyl groups excluding tert-OH is 1. The van der Waals surface area contributed by atoms with Crippen molar-refractivity contribution in [2.45, 2.75) is 45.6 Å². The lowest BCUT2D eigenvalue weighted by Gasteiger charge is -2.12. The summed E-state index contributed by atoms with van der Waals surface area (Å²) in [4.78, 5) is 0. The molecule has 0 aliphatic rings. The molecule has 1 heteroatoms. The van der Waals surface area contributed by atoms with Crippen LogP contribution < -0.4 is 0 Å². The molecule has 0 radical (unpaired) electrons. The Kier molecular flexibility index (Phi) is 5.37. The minimum absolute atomic E-state index is 0.236. The van der Waals surface area contributed by atoms with E-state index in [9.17, 15) is 5.11 Å². The Hall–Kier alpha value is -1.60. The van der Waals surface area contributed by atoms with E-state index in [1.165, 1.54) is 22.3 Å². The summed E-state index contributed by atoms with van der Waals surface area (Å²) in [5.74, 6) is 0. The minimum Gasteiger partial charge on any atom is -0.393 e. The van der Waals surface area contributed by atoms with Gasteiger partial charge in [-0.2, -0.15) is 0 Å². The Labute approximate surface area is 122 Å². The highest BCUT2D eigenvalue weighted by atomic mass is 16.3. The molecule has 0 aliphatic heterocycles. The highest BCUT2D eigenvalue weighted by molar-refractivity contribution is 5.28. The van der Waals surface area contributed by atoms with Gasteiger partial charge >= 0.3 is 0 Å². The fraction of sp³-hybridized carbons (Fsp3) is 0.368. The molecule has 0 saturated heterocycles. The van der Waals surface area contributed by atoms with Gasteiger partial charge in [0.2, 0.25) is 0 Å². The lowest BCUT2D eigenvalue weighted by Crippen LogP contribution is -2.11. The summed E-state index contributed by atoms with van der Waals surface area (Å²) < 4.78 is 0. The third-order valence-electron chi connectivity index (χ3n) is 3.60. The van der Waals surface area contributed by atoms with Crippen LogP contribution in [0.3, 0.4) is 0 Å². The van der Waals surface area contributed by atoms with Crippen molar-refractivity contribution in [1.82, 2.24) is 0 Å². The van der Waals surface area contributed by atoms with E-state index in [1.54, 1.807) is 0 Å². The van der Waals surface area contributed by atoms with E-state index >= 15 is 0 Å². The number of aliphatic hydroxyl groups is 1. The van der Waals surface area contributed by atoms with Crippen LogP contribution in [0.25, 0.3) is 0 Å². The number of benzene rings is 2. The summed E-state index contributed by atoms with van der Waals surface area (Å²) >= 11 is 0. The number of aryl methyl sites for hydroxylation is 3. The first kappa shape index (κ1) is 14.8. The quantitative estimate of drug-likeness (QED) is 0.831. The van der Waals surface area contributed by atoms with Crippen molar-refractivity contribution in [2.75, 3.05) is 0 Å². The minimum atomic E-state index is -0.236. The van der Waals surface area contributed by atoms with Crippen molar-refractivity contribution < 1.29 is 5.11 Å². The highest BCUT2D eigenvalue weighted by Gasteiger charge is 2.06. The van der Waals surface area contributed by atoms with Crippen LogP contribution in [-0.4, -0.2) is 11.2 Å². The summed E-state index contributed by atoms with van der Waals surface area (Å²) in [5.41, 5.74) is 5.15. The van der Waals surface area contributed by atoms with E-state index in [0.29, 0.717) is 0 Å². The molecule has 0 aliphatic carbocycles. The zero-order chi connectivity index (χ0) is 14.4. The molecule has 2 aromatic rings. The zero-order valence-corrected chi connectivity index (χ0v) is 12.5. The summed E-state index contributed by atoms with van der Waals surface area (Å²) in [5, 5.41) is 10.2. The first-order chi connectivity index (χ1) is 9.63. The summed E-state index contributed by atoms with van der Waals surface area (Å²) in [6.45, 7) is 4.22. The Morgan fingerprint density at radius 2 is 1.55 bits per heavy atom. The fourth-order valence-electron chi connectivity index (χ4n) is 2.75. The first-order valence-electron chi connectivity index (χ1n) is 7.42. The van der Waals surface area contributed by atoms with Crippen molar-refractivity contribution in [3.63, 3.8) is 0 Å². The van der Waals surface area contributed by atoms with Crippen LogP contribution in [-0.2, 0) is 12.8 Å². The van der Waals surface area contributed by atoms with Gasteiger partial charge in [-0.25, -0.2) is 0 Å². The molecule has 1 nitrogen and oxygen atoms in total. The van der Waals surface area contributed by atoms with E-state index < -0.39 is 0 Å². The summed E-state index contributed by atoms with van der Waals surface area (Å²) in [6.07, 6.45) is 3.47. The Bertz CT molecular complexity index is 510. The van der Waals surface area contributed by atoms with Crippen molar-refractivity contribution in [3.8, 4) is 0 Å². The van der Waals surface area contributed by atoms with Crippen LogP contribution >= 0.6 is 0 Å². The van der Waals surface area contributed by atoms with Crippen LogP contribution in [0.4, 0.5) is 0 Å². The molecule has 1 atom stereocenters. The van der Waals surface area contributed by atoms with Gasteiger partial charge < -0.3 is 5.11 Å². The third kappa shape index (κ3) is 4.82. The lowest BCUT2D eigenvalue weighted by atomic mass is 9.99. The second-order valence-electron chi connectivity index (χ2n) is 5.73. The Morgan fingerprint density at radius 3 is 2.20 bits per heavy atom. The smallest absolute Gasteiger partial charge is 0.0580 e. The van der Waals surface area contributed by atoms with Crippen LogP contribution in [0.2, 0.25) is 0 Å². The fourth-order valence-corrected chi connectivity index (χ4v) is 2.75. The highest BCUT2D eigenvalue weighted by Crippen LogP contribution is 2.14. The Balaban J connectivity index is 1.79. The maximum absolute atomic E-state index is 10.2. The SMILES string of the molecule is Cc1cc(C)cc(CC(O)CCCc2ccccc2)c1. The summed E-state index contributed by atoms with van der Waals surface area (Å²) in [7, 11) is 0. The molecule has 20 heavy (non-hydrogen) atoms. The summed E-state index contributed by atoms with van der Waals surface area (Å²) in [6, 6.07) is 17.0. The lowest BCUT2D eigenvalue weighted by molar-refractivity contribution is 0.162. The van der Waals surface area contributed by atoms with E-state index in [2.05, 4.69) is 56.3 Å². The van der Waals surface area contributed by atoms with Gasteiger partial charge in [-0.15, -0.1) is 0 Å². The van der Waals surface area contributed by atoms with Gasteiger partial charge in [0.1, 0.15) is 0 Å². The molecule has 0 spiro atoms. The van der Waals surface area contributed by atoms with Crippen LogP contribution in [0.5, 0.6) is 0 Å². The predicted octanol–water partition coefficient (Wildman–Crippen LogP) is 4.23. The third-order valence-corrected chi connectivity index (χ3v) is 3.60. The monoisotopic (exact) mass is 268 g/mol. The normalized spacial score (nSPS) is 12.3. The van der Waals surface area contributed by atoms with Crippen molar-refractivity contribution in [1.29, 1.82) is 0 Å². The van der Waals surface area contributed by atoms with Crippen molar-refractivity contribution in [3.05, 3.63) is 70.8 Å². The zero-order valence-electron chi connectivity index (χ0n) is 12.5. The molecule has 2 rings (SSSR count). The molecule has 0 amide bonds. The maximum atomic E-state index is 10.2. The van der Waals surface area contributed by atoms with Crippen LogP contribution in [0, 0.1) is 13.8 Å². The molecule has 0 heterocycles. The number of rotatable bonds is 6. The second-order valence-corrected chi connectivity index (χ2v) is 5.73.